The van der Waals surface area contributed by atoms with Gasteiger partial charge in [-0.2, -0.15) is 0 Å². The van der Waals surface area contributed by atoms with Crippen molar-refractivity contribution in [1.29, 1.82) is 0 Å². The number of amides is 3. The molecule has 19 heavy (non-hydrogen) atoms. The van der Waals surface area contributed by atoms with Crippen LogP contribution >= 0.6 is 0 Å². The Morgan fingerprint density at radius 2 is 1.89 bits per heavy atom. The van der Waals surface area contributed by atoms with Crippen LogP contribution in [0.1, 0.15) is 19.8 Å². The molecule has 0 atom stereocenters. The number of nitrogens with zero attached hydrogens (tertiary/aromatic N) is 1. The van der Waals surface area contributed by atoms with Gasteiger partial charge in [0.15, 0.2) is 0 Å². The molecule has 0 heterocycles. The highest BCUT2D eigenvalue weighted by atomic mass is 16.2. The predicted octanol–water partition coefficient (Wildman–Crippen LogP) is 1.39. The van der Waals surface area contributed by atoms with Crippen LogP contribution in [-0.2, 0) is 4.79 Å². The number of urea groups is 1. The zero-order chi connectivity index (χ0) is 14.3. The molecule has 104 valence electrons. The van der Waals surface area contributed by atoms with Crippen LogP contribution in [0.4, 0.5) is 16.2 Å². The Labute approximate surface area is 112 Å². The van der Waals surface area contributed by atoms with Gasteiger partial charge in [-0.3, -0.25) is 4.79 Å². The molecule has 0 aliphatic heterocycles. The van der Waals surface area contributed by atoms with Crippen molar-refractivity contribution in [3.8, 4) is 0 Å². The molecule has 0 spiro atoms. The molecule has 6 nitrogen and oxygen atoms in total. The summed E-state index contributed by atoms with van der Waals surface area (Å²) in [5.41, 5.74) is 12.0. The monoisotopic (exact) mass is 264 g/mol. The standard InChI is InChI=1S/C13H20N4O2/c1-2-3-8-17(9-12(15)18)13(19)16-11-6-4-10(14)5-7-11/h4-7H,2-3,8-9,14H2,1H3,(H2,15,18)(H,16,19). The molecule has 0 fully saturated rings. The molecule has 0 aliphatic rings. The quantitative estimate of drug-likeness (QED) is 0.676. The van der Waals surface area contributed by atoms with Crippen LogP contribution < -0.4 is 16.8 Å². The molecular formula is C13H20N4O2. The summed E-state index contributed by atoms with van der Waals surface area (Å²) in [6, 6.07) is 6.46. The third-order valence-corrected chi connectivity index (χ3v) is 2.58. The number of nitrogens with one attached hydrogen (secondary N) is 1. The van der Waals surface area contributed by atoms with E-state index in [4.69, 9.17) is 11.5 Å². The van der Waals surface area contributed by atoms with E-state index in [0.717, 1.165) is 12.8 Å². The summed E-state index contributed by atoms with van der Waals surface area (Å²) in [6.07, 6.45) is 1.76. The van der Waals surface area contributed by atoms with Crippen molar-refractivity contribution in [2.45, 2.75) is 19.8 Å². The van der Waals surface area contributed by atoms with Gasteiger partial charge in [0.2, 0.25) is 5.91 Å². The zero-order valence-corrected chi connectivity index (χ0v) is 11.1. The summed E-state index contributed by atoms with van der Waals surface area (Å²) in [4.78, 5) is 24.4. The molecule has 0 aromatic heterocycles. The summed E-state index contributed by atoms with van der Waals surface area (Å²) >= 11 is 0. The number of hydrogen-bond acceptors (Lipinski definition) is 3. The van der Waals surface area contributed by atoms with E-state index in [1.807, 2.05) is 6.92 Å². The molecule has 0 radical (unpaired) electrons. The Morgan fingerprint density at radius 1 is 1.26 bits per heavy atom. The van der Waals surface area contributed by atoms with E-state index >= 15 is 0 Å². The predicted molar refractivity (Wildman–Crippen MR) is 75.5 cm³/mol. The summed E-state index contributed by atoms with van der Waals surface area (Å²) in [6.45, 7) is 2.43. The maximum Gasteiger partial charge on any atom is 0.322 e. The number of nitrogens with two attached hydrogens (primary N) is 2. The van der Waals surface area contributed by atoms with Crippen molar-refractivity contribution in [3.05, 3.63) is 24.3 Å². The van der Waals surface area contributed by atoms with Gasteiger partial charge in [-0.1, -0.05) is 13.3 Å². The Hall–Kier alpha value is -2.24. The van der Waals surface area contributed by atoms with E-state index in [9.17, 15) is 9.59 Å². The third kappa shape index (κ3) is 5.29. The van der Waals surface area contributed by atoms with Crippen LogP contribution in [0.2, 0.25) is 0 Å². The molecule has 6 heteroatoms. The van der Waals surface area contributed by atoms with E-state index < -0.39 is 5.91 Å². The van der Waals surface area contributed by atoms with Gasteiger partial charge >= 0.3 is 6.03 Å². The van der Waals surface area contributed by atoms with Crippen molar-refractivity contribution in [2.24, 2.45) is 5.73 Å². The molecule has 1 aromatic carbocycles. The van der Waals surface area contributed by atoms with Crippen LogP contribution in [0.3, 0.4) is 0 Å². The van der Waals surface area contributed by atoms with Gasteiger partial charge in [0.1, 0.15) is 6.54 Å². The zero-order valence-electron chi connectivity index (χ0n) is 11.1. The van der Waals surface area contributed by atoms with E-state index in [-0.39, 0.29) is 12.6 Å². The fraction of sp³-hybridized carbons (Fsp3) is 0.385. The molecule has 0 saturated carbocycles. The van der Waals surface area contributed by atoms with E-state index in [2.05, 4.69) is 5.32 Å². The fourth-order valence-electron chi connectivity index (χ4n) is 1.56. The Morgan fingerprint density at radius 3 is 2.42 bits per heavy atom. The molecule has 0 saturated heterocycles. The first kappa shape index (κ1) is 14.8. The molecule has 0 aliphatic carbocycles. The number of carbonyl (C=O) groups is 2. The lowest BCUT2D eigenvalue weighted by Crippen LogP contribution is -2.41. The van der Waals surface area contributed by atoms with E-state index in [1.165, 1.54) is 4.90 Å². The Kier molecular flexibility index (Phi) is 5.66. The van der Waals surface area contributed by atoms with Gasteiger partial charge in [-0.15, -0.1) is 0 Å². The number of primary amides is 1. The topological polar surface area (TPSA) is 101 Å². The molecule has 5 N–H and O–H groups in total. The van der Waals surface area contributed by atoms with Crippen molar-refractivity contribution < 1.29 is 9.59 Å². The minimum Gasteiger partial charge on any atom is -0.399 e. The van der Waals surface area contributed by atoms with E-state index in [0.29, 0.717) is 17.9 Å². The molecular weight excluding hydrogens is 244 g/mol. The third-order valence-electron chi connectivity index (χ3n) is 2.58. The van der Waals surface area contributed by atoms with Gasteiger partial charge in [0.05, 0.1) is 0 Å². The van der Waals surface area contributed by atoms with Crippen LogP contribution in [0.25, 0.3) is 0 Å². The van der Waals surface area contributed by atoms with Crippen LogP contribution in [0.15, 0.2) is 24.3 Å². The number of nitrogen functional groups attached to an aromatic ring is 1. The Bertz CT molecular complexity index is 431. The number of benzene rings is 1. The second-order valence-electron chi connectivity index (χ2n) is 4.29. The number of hydrogen-bond donors (Lipinski definition) is 3. The van der Waals surface area contributed by atoms with Gasteiger partial charge in [0, 0.05) is 17.9 Å². The smallest absolute Gasteiger partial charge is 0.322 e. The SMILES string of the molecule is CCCCN(CC(N)=O)C(=O)Nc1ccc(N)cc1. The summed E-state index contributed by atoms with van der Waals surface area (Å²) < 4.78 is 0. The largest absolute Gasteiger partial charge is 0.399 e. The van der Waals surface area contributed by atoms with Crippen LogP contribution in [-0.4, -0.2) is 29.9 Å². The number of carbonyl (C=O) groups excluding carboxylic acids is 2. The first-order valence-electron chi connectivity index (χ1n) is 6.22. The van der Waals surface area contributed by atoms with Gasteiger partial charge in [-0.25, -0.2) is 4.79 Å². The highest BCUT2D eigenvalue weighted by molar-refractivity contribution is 5.92. The second kappa shape index (κ2) is 7.25. The van der Waals surface area contributed by atoms with Gasteiger partial charge in [0.25, 0.3) is 0 Å². The fourth-order valence-corrected chi connectivity index (χ4v) is 1.56. The highest BCUT2D eigenvalue weighted by Gasteiger charge is 2.15. The lowest BCUT2D eigenvalue weighted by molar-refractivity contribution is -0.118. The van der Waals surface area contributed by atoms with Crippen LogP contribution in [0, 0.1) is 0 Å². The van der Waals surface area contributed by atoms with Crippen molar-refractivity contribution >= 4 is 23.3 Å². The van der Waals surface area contributed by atoms with Crippen molar-refractivity contribution in [1.82, 2.24) is 4.90 Å². The first-order chi connectivity index (χ1) is 9.02. The van der Waals surface area contributed by atoms with Crippen molar-refractivity contribution in [3.63, 3.8) is 0 Å². The number of rotatable bonds is 6. The normalized spacial score (nSPS) is 9.95. The molecule has 0 bridgehead atoms. The number of unbranched alkanes of at least 4 members (excludes halogenated alkanes) is 1. The highest BCUT2D eigenvalue weighted by Crippen LogP contribution is 2.11. The second-order valence-corrected chi connectivity index (χ2v) is 4.29. The average molecular weight is 264 g/mol. The minimum absolute atomic E-state index is 0.0825. The summed E-state index contributed by atoms with van der Waals surface area (Å²) in [5, 5.41) is 2.71. The van der Waals surface area contributed by atoms with Gasteiger partial charge in [-0.05, 0) is 30.7 Å². The summed E-state index contributed by atoms with van der Waals surface area (Å²) in [7, 11) is 0. The minimum atomic E-state index is -0.524. The maximum atomic E-state index is 12.0. The molecule has 1 aromatic rings. The lowest BCUT2D eigenvalue weighted by atomic mass is 10.3. The molecule has 0 unspecified atom stereocenters. The number of anilines is 2. The van der Waals surface area contributed by atoms with Gasteiger partial charge < -0.3 is 21.7 Å². The maximum absolute atomic E-state index is 12.0. The summed E-state index contributed by atoms with van der Waals surface area (Å²) in [5.74, 6) is -0.524. The van der Waals surface area contributed by atoms with Crippen molar-refractivity contribution in [2.75, 3.05) is 24.1 Å². The average Bonchev–Trinajstić information content (AvgIpc) is 2.36. The molecule has 3 amide bonds. The lowest BCUT2D eigenvalue weighted by Gasteiger charge is -2.21. The molecule has 1 rings (SSSR count). The van der Waals surface area contributed by atoms with E-state index in [1.54, 1.807) is 24.3 Å². The van der Waals surface area contributed by atoms with Crippen LogP contribution in [0.5, 0.6) is 0 Å². The first-order valence-corrected chi connectivity index (χ1v) is 6.22. The Balaban J connectivity index is 2.64.